The molecule has 0 aliphatic heterocycles. The van der Waals surface area contributed by atoms with Crippen molar-refractivity contribution in [2.24, 2.45) is 11.7 Å². The summed E-state index contributed by atoms with van der Waals surface area (Å²) in [6, 6.07) is -0.714. The standard InChI is InChI=1S/C12H25N3O2/c1-6-15(7-2)12(17)10(5)14-11(16)8(3)9(4)13/h8-10H,6-7,13H2,1-5H3,(H,14,16). The topological polar surface area (TPSA) is 75.4 Å². The van der Waals surface area contributed by atoms with Crippen LogP contribution in [0.3, 0.4) is 0 Å². The molecule has 2 amide bonds. The van der Waals surface area contributed by atoms with E-state index in [9.17, 15) is 9.59 Å². The third-order valence-electron chi connectivity index (χ3n) is 3.01. The van der Waals surface area contributed by atoms with Crippen molar-refractivity contribution in [1.29, 1.82) is 0 Å². The normalized spacial score (nSPS) is 15.9. The first kappa shape index (κ1) is 15.9. The van der Waals surface area contributed by atoms with Crippen molar-refractivity contribution in [3.05, 3.63) is 0 Å². The molecule has 0 aromatic heterocycles. The van der Waals surface area contributed by atoms with E-state index in [0.717, 1.165) is 0 Å². The van der Waals surface area contributed by atoms with E-state index in [1.165, 1.54) is 0 Å². The number of carbonyl (C=O) groups is 2. The molecule has 0 aromatic rings. The number of amides is 2. The monoisotopic (exact) mass is 243 g/mol. The highest BCUT2D eigenvalue weighted by molar-refractivity contribution is 5.88. The van der Waals surface area contributed by atoms with Gasteiger partial charge in [0.15, 0.2) is 0 Å². The number of nitrogens with zero attached hydrogens (tertiary/aromatic N) is 1. The molecule has 0 fully saturated rings. The van der Waals surface area contributed by atoms with Crippen LogP contribution in [0.25, 0.3) is 0 Å². The summed E-state index contributed by atoms with van der Waals surface area (Å²) in [6.45, 7) is 10.4. The van der Waals surface area contributed by atoms with E-state index in [1.54, 1.807) is 25.7 Å². The predicted molar refractivity (Wildman–Crippen MR) is 68.3 cm³/mol. The molecule has 0 aliphatic rings. The quantitative estimate of drug-likeness (QED) is 0.706. The Hall–Kier alpha value is -1.10. The van der Waals surface area contributed by atoms with Crippen molar-refractivity contribution in [2.45, 2.75) is 46.7 Å². The van der Waals surface area contributed by atoms with E-state index < -0.39 is 6.04 Å². The van der Waals surface area contributed by atoms with Crippen LogP contribution in [0, 0.1) is 5.92 Å². The Morgan fingerprint density at radius 2 is 1.65 bits per heavy atom. The van der Waals surface area contributed by atoms with Crippen LogP contribution < -0.4 is 11.1 Å². The minimum atomic E-state index is -0.497. The fourth-order valence-electron chi connectivity index (χ4n) is 1.45. The number of rotatable bonds is 6. The van der Waals surface area contributed by atoms with Gasteiger partial charge in [0.05, 0.1) is 0 Å². The highest BCUT2D eigenvalue weighted by Gasteiger charge is 2.23. The first-order chi connectivity index (χ1) is 7.84. The molecule has 5 heteroatoms. The number of likely N-dealkylation sites (N-methyl/N-ethyl adjacent to an activating group) is 1. The van der Waals surface area contributed by atoms with Crippen LogP contribution in [0.1, 0.15) is 34.6 Å². The lowest BCUT2D eigenvalue weighted by Gasteiger charge is -2.25. The summed E-state index contributed by atoms with van der Waals surface area (Å²) < 4.78 is 0. The van der Waals surface area contributed by atoms with Crippen LogP contribution in [0.15, 0.2) is 0 Å². The lowest BCUT2D eigenvalue weighted by Crippen LogP contribution is -2.49. The lowest BCUT2D eigenvalue weighted by atomic mass is 10.0. The van der Waals surface area contributed by atoms with Crippen molar-refractivity contribution in [1.82, 2.24) is 10.2 Å². The highest BCUT2D eigenvalue weighted by atomic mass is 16.2. The molecule has 3 N–H and O–H groups in total. The van der Waals surface area contributed by atoms with E-state index in [2.05, 4.69) is 5.32 Å². The molecule has 5 nitrogen and oxygen atoms in total. The van der Waals surface area contributed by atoms with Gasteiger partial charge >= 0.3 is 0 Å². The maximum Gasteiger partial charge on any atom is 0.244 e. The predicted octanol–water partition coefficient (Wildman–Crippen LogP) is 0.343. The van der Waals surface area contributed by atoms with Gasteiger partial charge in [-0.2, -0.15) is 0 Å². The Bertz CT molecular complexity index is 262. The molecule has 100 valence electrons. The molecule has 0 bridgehead atoms. The molecule has 0 aromatic carbocycles. The molecular weight excluding hydrogens is 218 g/mol. The maximum atomic E-state index is 11.9. The van der Waals surface area contributed by atoms with Gasteiger partial charge in [0.1, 0.15) is 6.04 Å². The second kappa shape index (κ2) is 7.27. The van der Waals surface area contributed by atoms with E-state index in [-0.39, 0.29) is 23.8 Å². The summed E-state index contributed by atoms with van der Waals surface area (Å²) in [7, 11) is 0. The fourth-order valence-corrected chi connectivity index (χ4v) is 1.45. The zero-order chi connectivity index (χ0) is 13.6. The van der Waals surface area contributed by atoms with E-state index in [0.29, 0.717) is 13.1 Å². The van der Waals surface area contributed by atoms with Gasteiger partial charge in [0.2, 0.25) is 11.8 Å². The summed E-state index contributed by atoms with van der Waals surface area (Å²) in [5.74, 6) is -0.518. The van der Waals surface area contributed by atoms with Crippen LogP contribution in [0.4, 0.5) is 0 Å². The highest BCUT2D eigenvalue weighted by Crippen LogP contribution is 2.02. The Labute approximate surface area is 104 Å². The zero-order valence-electron chi connectivity index (χ0n) is 11.5. The molecule has 0 radical (unpaired) electrons. The number of hydrogen-bond acceptors (Lipinski definition) is 3. The smallest absolute Gasteiger partial charge is 0.244 e. The first-order valence-corrected chi connectivity index (χ1v) is 6.19. The molecule has 0 aliphatic carbocycles. The summed E-state index contributed by atoms with van der Waals surface area (Å²) in [5.41, 5.74) is 5.64. The molecule has 0 rings (SSSR count). The van der Waals surface area contributed by atoms with Gasteiger partial charge in [0, 0.05) is 25.0 Å². The minimum absolute atomic E-state index is 0.0553. The Kier molecular flexibility index (Phi) is 6.80. The Morgan fingerprint density at radius 3 is 2.00 bits per heavy atom. The maximum absolute atomic E-state index is 11.9. The van der Waals surface area contributed by atoms with Crippen molar-refractivity contribution in [3.63, 3.8) is 0 Å². The van der Waals surface area contributed by atoms with Crippen LogP contribution >= 0.6 is 0 Å². The molecule has 3 unspecified atom stereocenters. The van der Waals surface area contributed by atoms with Crippen molar-refractivity contribution >= 4 is 11.8 Å². The SMILES string of the molecule is CCN(CC)C(=O)C(C)NC(=O)C(C)C(C)N. The summed E-state index contributed by atoms with van der Waals surface area (Å²) in [5, 5.41) is 2.70. The van der Waals surface area contributed by atoms with Gasteiger partial charge in [-0.3, -0.25) is 9.59 Å². The molecule has 0 spiro atoms. The van der Waals surface area contributed by atoms with Crippen LogP contribution in [-0.2, 0) is 9.59 Å². The molecule has 17 heavy (non-hydrogen) atoms. The van der Waals surface area contributed by atoms with Crippen LogP contribution in [-0.4, -0.2) is 41.9 Å². The average Bonchev–Trinajstić information content (AvgIpc) is 2.28. The average molecular weight is 243 g/mol. The molecule has 0 saturated heterocycles. The molecule has 0 heterocycles. The van der Waals surface area contributed by atoms with Gasteiger partial charge < -0.3 is 16.0 Å². The van der Waals surface area contributed by atoms with Gasteiger partial charge in [-0.05, 0) is 27.7 Å². The van der Waals surface area contributed by atoms with Crippen molar-refractivity contribution in [2.75, 3.05) is 13.1 Å². The largest absolute Gasteiger partial charge is 0.344 e. The van der Waals surface area contributed by atoms with Gasteiger partial charge in [-0.15, -0.1) is 0 Å². The van der Waals surface area contributed by atoms with Gasteiger partial charge in [-0.1, -0.05) is 6.92 Å². The van der Waals surface area contributed by atoms with Gasteiger partial charge in [-0.25, -0.2) is 0 Å². The first-order valence-electron chi connectivity index (χ1n) is 6.19. The lowest BCUT2D eigenvalue weighted by molar-refractivity contribution is -0.136. The number of nitrogens with one attached hydrogen (secondary N) is 1. The Morgan fingerprint density at radius 1 is 1.18 bits per heavy atom. The summed E-state index contributed by atoms with van der Waals surface area (Å²) >= 11 is 0. The third kappa shape index (κ3) is 4.73. The van der Waals surface area contributed by atoms with E-state index in [4.69, 9.17) is 5.73 Å². The minimum Gasteiger partial charge on any atom is -0.344 e. The van der Waals surface area contributed by atoms with Crippen molar-refractivity contribution in [3.8, 4) is 0 Å². The number of nitrogens with two attached hydrogens (primary N) is 1. The molecule has 0 saturated carbocycles. The van der Waals surface area contributed by atoms with Gasteiger partial charge in [0.25, 0.3) is 0 Å². The van der Waals surface area contributed by atoms with Crippen LogP contribution in [0.5, 0.6) is 0 Å². The molecule has 3 atom stereocenters. The third-order valence-corrected chi connectivity index (χ3v) is 3.01. The van der Waals surface area contributed by atoms with Crippen molar-refractivity contribution < 1.29 is 9.59 Å². The fraction of sp³-hybridized carbons (Fsp3) is 0.833. The Balaban J connectivity index is 4.39. The second-order valence-corrected chi connectivity index (χ2v) is 4.39. The number of hydrogen-bond donors (Lipinski definition) is 2. The zero-order valence-corrected chi connectivity index (χ0v) is 11.5. The molecular formula is C12H25N3O2. The summed E-state index contributed by atoms with van der Waals surface area (Å²) in [4.78, 5) is 25.3. The second-order valence-electron chi connectivity index (χ2n) is 4.39. The van der Waals surface area contributed by atoms with E-state index >= 15 is 0 Å². The van der Waals surface area contributed by atoms with Crippen LogP contribution in [0.2, 0.25) is 0 Å². The summed E-state index contributed by atoms with van der Waals surface area (Å²) in [6.07, 6.45) is 0. The number of carbonyl (C=O) groups excluding carboxylic acids is 2. The van der Waals surface area contributed by atoms with E-state index in [1.807, 2.05) is 13.8 Å².